The van der Waals surface area contributed by atoms with Crippen LogP contribution in [0.2, 0.25) is 0 Å². The zero-order valence-corrected chi connectivity index (χ0v) is 23.4. The Balaban J connectivity index is -0.000000130. The molecular weight excluding hydrogens is 536 g/mol. The smallest absolute Gasteiger partial charge is 0.411 e. The molecule has 0 bridgehead atoms. The molecule has 0 aliphatic carbocycles. The van der Waals surface area contributed by atoms with Crippen LogP contribution in [-0.4, -0.2) is 91.4 Å². The first-order valence-electron chi connectivity index (χ1n) is 8.04. The van der Waals surface area contributed by atoms with Crippen molar-refractivity contribution in [3.05, 3.63) is 0 Å². The molecule has 0 aromatic heterocycles. The molecule has 0 aliphatic rings. The first kappa shape index (κ1) is 33.7. The molecule has 0 aromatic rings. The number of hydrogen-bond donors (Lipinski definition) is 0. The molecule has 0 atom stereocenters. The van der Waals surface area contributed by atoms with Gasteiger partial charge in [-0.25, -0.2) is 0 Å². The molecule has 0 rings (SSSR count). The van der Waals surface area contributed by atoms with E-state index in [-0.39, 0.29) is 24.4 Å². The Morgan fingerprint density at radius 2 is 0.640 bits per heavy atom. The summed E-state index contributed by atoms with van der Waals surface area (Å²) in [5, 5.41) is 0. The third kappa shape index (κ3) is 21.3. The van der Waals surface area contributed by atoms with Crippen molar-refractivity contribution in [1.82, 2.24) is 14.7 Å². The summed E-state index contributed by atoms with van der Waals surface area (Å²) in [6.45, 7) is 17.8. The third-order valence-electron chi connectivity index (χ3n) is 3.06. The Labute approximate surface area is 205 Å². The molecule has 146 valence electrons. The van der Waals surface area contributed by atoms with Crippen molar-refractivity contribution in [2.45, 2.75) is 41.5 Å². The van der Waals surface area contributed by atoms with E-state index < -0.39 is 0 Å². The second-order valence-electron chi connectivity index (χ2n) is 4.31. The van der Waals surface area contributed by atoms with E-state index in [0.717, 1.165) is 39.3 Å². The van der Waals surface area contributed by atoms with Crippen molar-refractivity contribution in [3.63, 3.8) is 0 Å². The van der Waals surface area contributed by atoms with Crippen molar-refractivity contribution in [2.75, 3.05) is 39.3 Å². The van der Waals surface area contributed by atoms with E-state index in [9.17, 15) is 0 Å². The fraction of sp³-hybridized carbons (Fsp3) is 0.800. The Kier molecular flexibility index (Phi) is 31.3. The SMILES string of the molecule is CCN(CC)C(=S)[S-].CCN(CC)C(=S)[S-].CCN(CC)C(=S)[S-].[Sb+3]. The Morgan fingerprint density at radius 3 is 0.640 bits per heavy atom. The van der Waals surface area contributed by atoms with Crippen LogP contribution in [0.3, 0.4) is 0 Å². The first-order chi connectivity index (χ1) is 11.2. The second-order valence-corrected chi connectivity index (χ2v) is 7.41. The first-order valence-corrected chi connectivity index (χ1v) is 10.5. The summed E-state index contributed by atoms with van der Waals surface area (Å²) in [6.07, 6.45) is 0. The molecule has 25 heavy (non-hydrogen) atoms. The zero-order chi connectivity index (χ0) is 19.7. The second kappa shape index (κ2) is 23.2. The fourth-order valence-corrected chi connectivity index (χ4v) is 2.99. The maximum atomic E-state index is 4.76. The van der Waals surface area contributed by atoms with Gasteiger partial charge in [0.1, 0.15) is 0 Å². The minimum absolute atomic E-state index is 0. The topological polar surface area (TPSA) is 9.72 Å². The van der Waals surface area contributed by atoms with Crippen LogP contribution in [0, 0.1) is 0 Å². The summed E-state index contributed by atoms with van der Waals surface area (Å²) in [7, 11) is 0. The molecule has 0 aliphatic heterocycles. The minimum atomic E-state index is 0. The molecule has 0 N–H and O–H groups in total. The van der Waals surface area contributed by atoms with Crippen LogP contribution in [0.5, 0.6) is 0 Å². The van der Waals surface area contributed by atoms with Crippen LogP contribution in [0.25, 0.3) is 0 Å². The van der Waals surface area contributed by atoms with E-state index in [1.165, 1.54) is 0 Å². The molecule has 0 spiro atoms. The standard InChI is InChI=1S/3C5H11NS2.Sb/c3*1-3-6(4-2)5(7)8;/h3*3-4H2,1-2H3,(H,7,8);/q;;;+3/p-3. The van der Waals surface area contributed by atoms with Crippen molar-refractivity contribution < 1.29 is 0 Å². The van der Waals surface area contributed by atoms with Crippen molar-refractivity contribution in [1.29, 1.82) is 0 Å². The molecule has 0 aromatic carbocycles. The van der Waals surface area contributed by atoms with Gasteiger partial charge in [-0.2, -0.15) is 0 Å². The Bertz CT molecular complexity index is 294. The average molecular weight is 567 g/mol. The monoisotopic (exact) mass is 565 g/mol. The minimum Gasteiger partial charge on any atom is -0.411 e. The van der Waals surface area contributed by atoms with Crippen molar-refractivity contribution in [2.24, 2.45) is 0 Å². The van der Waals surface area contributed by atoms with Crippen molar-refractivity contribution >= 4 is 112 Å². The van der Waals surface area contributed by atoms with Gasteiger partial charge >= 0.3 is 24.4 Å². The number of hydrogen-bond acceptors (Lipinski definition) is 6. The Morgan fingerprint density at radius 1 is 0.520 bits per heavy atom. The fourth-order valence-electron chi connectivity index (χ4n) is 1.45. The van der Waals surface area contributed by atoms with Crippen LogP contribution in [-0.2, 0) is 37.9 Å². The van der Waals surface area contributed by atoms with E-state index in [4.69, 9.17) is 74.5 Å². The summed E-state index contributed by atoms with van der Waals surface area (Å²) >= 11 is 28.5. The summed E-state index contributed by atoms with van der Waals surface area (Å²) in [4.78, 5) is 5.89. The summed E-state index contributed by atoms with van der Waals surface area (Å²) in [6, 6.07) is 0. The molecule has 3 nitrogen and oxygen atoms in total. The predicted octanol–water partition coefficient (Wildman–Crippen LogP) is 3.10. The van der Waals surface area contributed by atoms with Crippen molar-refractivity contribution in [3.8, 4) is 0 Å². The van der Waals surface area contributed by atoms with Gasteiger partial charge in [-0.1, -0.05) is 13.0 Å². The number of thiocarbonyl (C=S) groups is 3. The normalized spacial score (nSPS) is 8.40. The maximum absolute atomic E-state index is 4.76. The van der Waals surface area contributed by atoms with Gasteiger partial charge in [-0.15, -0.1) is 0 Å². The van der Waals surface area contributed by atoms with Crippen LogP contribution in [0.1, 0.15) is 41.5 Å². The van der Waals surface area contributed by atoms with Crippen LogP contribution >= 0.6 is 36.7 Å². The predicted molar refractivity (Wildman–Crippen MR) is 134 cm³/mol. The quantitative estimate of drug-likeness (QED) is 0.270. The number of rotatable bonds is 6. The molecule has 0 saturated heterocycles. The van der Waals surface area contributed by atoms with Gasteiger partial charge in [0.15, 0.2) is 0 Å². The summed E-state index contributed by atoms with van der Waals surface area (Å²) in [5.41, 5.74) is 0. The zero-order valence-electron chi connectivity index (χ0n) is 16.0. The largest absolute Gasteiger partial charge is 3.00 e. The molecular formula is C15H30N3S6Sb. The van der Waals surface area contributed by atoms with Crippen LogP contribution in [0.4, 0.5) is 0 Å². The number of nitrogens with zero attached hydrogens (tertiary/aromatic N) is 3. The average Bonchev–Trinajstić information content (AvgIpc) is 2.51. The third-order valence-corrected chi connectivity index (χ3v) is 4.61. The molecule has 2 radical (unpaired) electrons. The van der Waals surface area contributed by atoms with Gasteiger partial charge in [0.25, 0.3) is 0 Å². The van der Waals surface area contributed by atoms with E-state index in [1.54, 1.807) is 0 Å². The van der Waals surface area contributed by atoms with E-state index in [1.807, 2.05) is 56.2 Å². The van der Waals surface area contributed by atoms with Gasteiger partial charge in [0, 0.05) is 39.3 Å². The molecule has 10 heteroatoms. The summed E-state index contributed by atoms with van der Waals surface area (Å²) < 4.78 is 1.74. The van der Waals surface area contributed by atoms with E-state index >= 15 is 0 Å². The van der Waals surface area contributed by atoms with Gasteiger partial charge < -0.3 is 89.2 Å². The molecule has 0 unspecified atom stereocenters. The van der Waals surface area contributed by atoms with Crippen LogP contribution in [0.15, 0.2) is 0 Å². The van der Waals surface area contributed by atoms with E-state index in [0.29, 0.717) is 13.0 Å². The van der Waals surface area contributed by atoms with Gasteiger partial charge in [-0.3, -0.25) is 0 Å². The summed E-state index contributed by atoms with van der Waals surface area (Å²) in [5.74, 6) is 0. The van der Waals surface area contributed by atoms with Gasteiger partial charge in [0.05, 0.1) is 0 Å². The van der Waals surface area contributed by atoms with Gasteiger partial charge in [-0.05, 0) is 41.5 Å². The van der Waals surface area contributed by atoms with Gasteiger partial charge in [0.2, 0.25) is 0 Å². The van der Waals surface area contributed by atoms with E-state index in [2.05, 4.69) is 0 Å². The maximum Gasteiger partial charge on any atom is 3.00 e. The molecule has 0 amide bonds. The Hall–Kier alpha value is 1.15. The van der Waals surface area contributed by atoms with Crippen LogP contribution < -0.4 is 0 Å². The molecule has 0 saturated carbocycles. The molecule has 0 fully saturated rings. The molecule has 0 heterocycles.